The Morgan fingerprint density at radius 1 is 1.20 bits per heavy atom. The van der Waals surface area contributed by atoms with Gasteiger partial charge in [-0.2, -0.15) is 16.4 Å². The van der Waals surface area contributed by atoms with E-state index < -0.39 is 0 Å². The third-order valence-corrected chi connectivity index (χ3v) is 6.25. The van der Waals surface area contributed by atoms with Crippen molar-refractivity contribution < 1.29 is 9.47 Å². The Labute approximate surface area is 153 Å². The molecule has 0 radical (unpaired) electrons. The lowest BCUT2D eigenvalue weighted by molar-refractivity contribution is -0.0206. The van der Waals surface area contributed by atoms with Crippen LogP contribution in [0.1, 0.15) is 34.7 Å². The molecule has 0 bridgehead atoms. The van der Waals surface area contributed by atoms with Gasteiger partial charge >= 0.3 is 0 Å². The second kappa shape index (κ2) is 5.89. The number of rotatable bonds is 3. The number of thiophene rings is 2. The molecule has 3 aromatic rings. The summed E-state index contributed by atoms with van der Waals surface area (Å²) in [7, 11) is 1.69. The molecule has 0 unspecified atom stereocenters. The fourth-order valence-corrected chi connectivity index (χ4v) is 4.86. The maximum atomic E-state index is 6.38. The van der Waals surface area contributed by atoms with Gasteiger partial charge in [0.25, 0.3) is 0 Å². The highest BCUT2D eigenvalue weighted by molar-refractivity contribution is 7.12. The molecule has 0 saturated carbocycles. The summed E-state index contributed by atoms with van der Waals surface area (Å²) in [6.07, 6.45) is 0.655. The van der Waals surface area contributed by atoms with Crippen LogP contribution in [0.15, 0.2) is 57.6 Å². The smallest absolute Gasteiger partial charge is 0.214 e. The van der Waals surface area contributed by atoms with Crippen molar-refractivity contribution in [2.24, 2.45) is 5.10 Å². The van der Waals surface area contributed by atoms with E-state index in [1.165, 1.54) is 4.88 Å². The van der Waals surface area contributed by atoms with Gasteiger partial charge in [-0.1, -0.05) is 18.2 Å². The van der Waals surface area contributed by atoms with Crippen LogP contribution in [0.4, 0.5) is 0 Å². The minimum atomic E-state index is -0.225. The molecule has 6 heteroatoms. The highest BCUT2D eigenvalue weighted by Gasteiger charge is 2.42. The van der Waals surface area contributed by atoms with Crippen molar-refractivity contribution in [3.8, 4) is 11.5 Å². The molecule has 2 aromatic heterocycles. The second-order valence-electron chi connectivity index (χ2n) is 6.03. The normalized spacial score (nSPS) is 21.3. The van der Waals surface area contributed by atoms with Crippen molar-refractivity contribution in [1.29, 1.82) is 0 Å². The molecule has 5 rings (SSSR count). The average Bonchev–Trinajstić information content (AvgIpc) is 3.41. The summed E-state index contributed by atoms with van der Waals surface area (Å²) in [5, 5.41) is 13.4. The van der Waals surface area contributed by atoms with Crippen molar-refractivity contribution >= 4 is 28.4 Å². The van der Waals surface area contributed by atoms with E-state index >= 15 is 0 Å². The van der Waals surface area contributed by atoms with Gasteiger partial charge in [-0.3, -0.25) is 0 Å². The quantitative estimate of drug-likeness (QED) is 0.648. The molecule has 2 aliphatic rings. The fourth-order valence-electron chi connectivity index (χ4n) is 3.47. The van der Waals surface area contributed by atoms with Gasteiger partial charge in [0.05, 0.1) is 23.7 Å². The van der Waals surface area contributed by atoms with E-state index in [0.29, 0.717) is 0 Å². The fraction of sp³-hybridized carbons (Fsp3) is 0.211. The zero-order valence-electron chi connectivity index (χ0n) is 13.6. The number of hydrogen-bond acceptors (Lipinski definition) is 6. The summed E-state index contributed by atoms with van der Waals surface area (Å²) < 4.78 is 11.9. The molecule has 1 aromatic carbocycles. The Kier molecular flexibility index (Phi) is 3.53. The first kappa shape index (κ1) is 15.0. The van der Waals surface area contributed by atoms with Crippen LogP contribution in [0.5, 0.6) is 11.5 Å². The van der Waals surface area contributed by atoms with Gasteiger partial charge in [0, 0.05) is 17.5 Å². The summed E-state index contributed by atoms with van der Waals surface area (Å²) in [6, 6.07) is 12.6. The monoisotopic (exact) mass is 368 g/mol. The maximum Gasteiger partial charge on any atom is 0.214 e. The molecule has 126 valence electrons. The summed E-state index contributed by atoms with van der Waals surface area (Å²) >= 11 is 3.41. The molecule has 2 aliphatic heterocycles. The summed E-state index contributed by atoms with van der Waals surface area (Å²) in [6.45, 7) is 0. The van der Waals surface area contributed by atoms with Crippen LogP contribution >= 0.6 is 22.7 Å². The van der Waals surface area contributed by atoms with E-state index in [2.05, 4.69) is 45.4 Å². The summed E-state index contributed by atoms with van der Waals surface area (Å²) in [4.78, 5) is 1.22. The van der Waals surface area contributed by atoms with Gasteiger partial charge in [0.15, 0.2) is 11.5 Å². The van der Waals surface area contributed by atoms with Crippen LogP contribution in [-0.2, 0) is 0 Å². The molecule has 0 amide bonds. The second-order valence-corrected chi connectivity index (χ2v) is 7.76. The first-order valence-corrected chi connectivity index (χ1v) is 9.93. The highest BCUT2D eigenvalue weighted by atomic mass is 32.1. The first-order valence-electron chi connectivity index (χ1n) is 8.10. The number of fused-ring (bicyclic) bond motifs is 3. The van der Waals surface area contributed by atoms with E-state index in [9.17, 15) is 0 Å². The highest BCUT2D eigenvalue weighted by Crippen LogP contribution is 2.50. The first-order chi connectivity index (χ1) is 12.3. The molecule has 0 spiro atoms. The van der Waals surface area contributed by atoms with E-state index in [1.807, 2.05) is 12.1 Å². The van der Waals surface area contributed by atoms with Gasteiger partial charge < -0.3 is 9.47 Å². The van der Waals surface area contributed by atoms with Crippen molar-refractivity contribution in [3.05, 3.63) is 68.5 Å². The number of hydrogen-bond donors (Lipinski definition) is 0. The minimum Gasteiger partial charge on any atom is -0.493 e. The lowest BCUT2D eigenvalue weighted by atomic mass is 9.97. The largest absolute Gasteiger partial charge is 0.493 e. The van der Waals surface area contributed by atoms with Gasteiger partial charge in [0.2, 0.25) is 6.23 Å². The Bertz CT molecular complexity index is 919. The van der Waals surface area contributed by atoms with Gasteiger partial charge in [-0.15, -0.1) is 11.3 Å². The zero-order chi connectivity index (χ0) is 16.8. The van der Waals surface area contributed by atoms with E-state index in [-0.39, 0.29) is 12.3 Å². The van der Waals surface area contributed by atoms with Crippen LogP contribution in [0, 0.1) is 0 Å². The van der Waals surface area contributed by atoms with E-state index in [4.69, 9.17) is 14.6 Å². The van der Waals surface area contributed by atoms with Crippen molar-refractivity contribution in [2.75, 3.05) is 7.11 Å². The number of para-hydroxylation sites is 1. The third kappa shape index (κ3) is 2.36. The molecule has 0 N–H and O–H groups in total. The predicted molar refractivity (Wildman–Crippen MR) is 101 cm³/mol. The standard InChI is InChI=1S/C19H16N2O2S2/c1-22-16-5-2-4-13-15-10-14(17-6-3-8-25-17)20-21(15)19(23-18(13)16)12-7-9-24-11-12/h2-9,11,15,19H,10H2,1H3/t15-,19+/m1/s1. The molecule has 4 heterocycles. The summed E-state index contributed by atoms with van der Waals surface area (Å²) in [5.41, 5.74) is 3.39. The van der Waals surface area contributed by atoms with Crippen LogP contribution in [0.2, 0.25) is 0 Å². The molecule has 0 aliphatic carbocycles. The Morgan fingerprint density at radius 2 is 2.16 bits per heavy atom. The molecule has 0 saturated heterocycles. The van der Waals surface area contributed by atoms with Crippen LogP contribution < -0.4 is 9.47 Å². The van der Waals surface area contributed by atoms with E-state index in [0.717, 1.165) is 34.8 Å². The van der Waals surface area contributed by atoms with E-state index in [1.54, 1.807) is 29.8 Å². The Balaban J connectivity index is 1.63. The maximum absolute atomic E-state index is 6.38. The molecule has 0 fully saturated rings. The summed E-state index contributed by atoms with van der Waals surface area (Å²) in [5.74, 6) is 1.62. The SMILES string of the molecule is COc1cccc2c1O[C@@H](c1ccsc1)N1N=C(c3cccs3)C[C@H]21. The lowest BCUT2D eigenvalue weighted by Gasteiger charge is -2.38. The topological polar surface area (TPSA) is 34.1 Å². The molecular weight excluding hydrogens is 352 g/mol. The van der Waals surface area contributed by atoms with Crippen LogP contribution in [-0.4, -0.2) is 17.8 Å². The minimum absolute atomic E-state index is 0.167. The van der Waals surface area contributed by atoms with Crippen molar-refractivity contribution in [1.82, 2.24) is 5.01 Å². The molecule has 2 atom stereocenters. The molecule has 25 heavy (non-hydrogen) atoms. The Hall–Kier alpha value is -2.31. The molecular formula is C19H16N2O2S2. The van der Waals surface area contributed by atoms with Gasteiger partial charge in [-0.05, 0) is 34.3 Å². The number of nitrogens with zero attached hydrogens (tertiary/aromatic N) is 2. The third-order valence-electron chi connectivity index (χ3n) is 4.63. The van der Waals surface area contributed by atoms with Gasteiger partial charge in [0.1, 0.15) is 0 Å². The predicted octanol–water partition coefficient (Wildman–Crippen LogP) is 5.06. The molecule has 4 nitrogen and oxygen atoms in total. The van der Waals surface area contributed by atoms with Crippen LogP contribution in [0.25, 0.3) is 0 Å². The van der Waals surface area contributed by atoms with Crippen molar-refractivity contribution in [2.45, 2.75) is 18.7 Å². The number of methoxy groups -OCH3 is 1. The number of ether oxygens (including phenoxy) is 2. The number of hydrazone groups is 1. The average molecular weight is 368 g/mol. The zero-order valence-corrected chi connectivity index (χ0v) is 15.2. The van der Waals surface area contributed by atoms with Gasteiger partial charge in [-0.25, -0.2) is 5.01 Å². The van der Waals surface area contributed by atoms with Crippen molar-refractivity contribution in [3.63, 3.8) is 0 Å². The lowest BCUT2D eigenvalue weighted by Crippen LogP contribution is -2.33. The Morgan fingerprint density at radius 3 is 2.92 bits per heavy atom. The van der Waals surface area contributed by atoms with Crippen LogP contribution in [0.3, 0.4) is 0 Å². The number of benzene rings is 1.